The molecule has 0 aliphatic rings. The zero-order valence-electron chi connectivity index (χ0n) is 9.37. The molecule has 0 saturated heterocycles. The smallest absolute Gasteiger partial charge is 0.119 e. The summed E-state index contributed by atoms with van der Waals surface area (Å²) >= 11 is 0. The zero-order chi connectivity index (χ0) is 9.78. The minimum atomic E-state index is 0. The molecule has 0 aliphatic heterocycles. The summed E-state index contributed by atoms with van der Waals surface area (Å²) in [4.78, 5) is 10.0. The van der Waals surface area contributed by atoms with Crippen LogP contribution in [0.2, 0.25) is 0 Å². The van der Waals surface area contributed by atoms with Crippen molar-refractivity contribution in [1.29, 1.82) is 0 Å². The molecule has 14 heavy (non-hydrogen) atoms. The predicted molar refractivity (Wildman–Crippen MR) is 57.9 cm³/mol. The van der Waals surface area contributed by atoms with Crippen molar-refractivity contribution in [2.45, 2.75) is 71.1 Å². The topological polar surface area (TPSA) is 17.1 Å². The zero-order valence-corrected chi connectivity index (χ0v) is 10.4. The van der Waals surface area contributed by atoms with Gasteiger partial charge >= 0.3 is 0 Å². The Morgan fingerprint density at radius 2 is 1.21 bits per heavy atom. The molecule has 0 aromatic rings. The third-order valence-corrected chi connectivity index (χ3v) is 2.43. The summed E-state index contributed by atoms with van der Waals surface area (Å²) in [6.45, 7) is 2.25. The van der Waals surface area contributed by atoms with Crippen LogP contribution < -0.4 is 0 Å². The second kappa shape index (κ2) is 15.6. The molecule has 0 fully saturated rings. The van der Waals surface area contributed by atoms with E-state index in [4.69, 9.17) is 0 Å². The summed E-state index contributed by atoms with van der Waals surface area (Å²) in [6.07, 6.45) is 13.7. The van der Waals surface area contributed by atoms with Crippen LogP contribution >= 0.6 is 0 Å². The average molecular weight is 243 g/mol. The third-order valence-electron chi connectivity index (χ3n) is 2.43. The van der Waals surface area contributed by atoms with E-state index in [-0.39, 0.29) is 16.5 Å². The van der Waals surface area contributed by atoms with Crippen molar-refractivity contribution in [1.82, 2.24) is 0 Å². The number of hydrogen-bond donors (Lipinski definition) is 0. The van der Waals surface area contributed by atoms with Gasteiger partial charge in [-0.3, -0.25) is 0 Å². The van der Waals surface area contributed by atoms with Crippen molar-refractivity contribution in [3.05, 3.63) is 0 Å². The van der Waals surface area contributed by atoms with Gasteiger partial charge in [0.15, 0.2) is 0 Å². The van der Waals surface area contributed by atoms with Gasteiger partial charge in [-0.2, -0.15) is 0 Å². The molecule has 88 valence electrons. The second-order valence-corrected chi connectivity index (χ2v) is 3.78. The molecule has 0 rings (SSSR count). The number of aldehydes is 1. The van der Waals surface area contributed by atoms with E-state index in [2.05, 4.69) is 6.92 Å². The van der Waals surface area contributed by atoms with Gasteiger partial charge in [-0.1, -0.05) is 58.3 Å². The van der Waals surface area contributed by atoms with Gasteiger partial charge in [0.2, 0.25) is 0 Å². The molecule has 2 heteroatoms. The van der Waals surface area contributed by atoms with Crippen molar-refractivity contribution in [2.75, 3.05) is 0 Å². The van der Waals surface area contributed by atoms with Crippen molar-refractivity contribution in [3.63, 3.8) is 0 Å². The van der Waals surface area contributed by atoms with Crippen LogP contribution in [0.25, 0.3) is 0 Å². The van der Waals surface area contributed by atoms with Crippen LogP contribution in [-0.4, -0.2) is 6.29 Å². The van der Waals surface area contributed by atoms with E-state index in [0.29, 0.717) is 0 Å². The maximum Gasteiger partial charge on any atom is 0.119 e. The van der Waals surface area contributed by atoms with Crippen LogP contribution in [0, 0.1) is 0 Å². The summed E-state index contributed by atoms with van der Waals surface area (Å²) < 4.78 is 0. The number of hydrogen-bond acceptors (Lipinski definition) is 1. The Hall–Kier alpha value is 0.164. The van der Waals surface area contributed by atoms with E-state index in [1.807, 2.05) is 0 Å². The minimum Gasteiger partial charge on any atom is -0.303 e. The maximum atomic E-state index is 10.0. The van der Waals surface area contributed by atoms with Gasteiger partial charge in [-0.15, -0.1) is 0 Å². The molecule has 0 amide bonds. The first-order valence-corrected chi connectivity index (χ1v) is 5.85. The molecule has 0 bridgehead atoms. The van der Waals surface area contributed by atoms with Gasteiger partial charge in [0, 0.05) is 22.9 Å². The van der Waals surface area contributed by atoms with E-state index in [1.54, 1.807) is 0 Å². The summed E-state index contributed by atoms with van der Waals surface area (Å²) in [5, 5.41) is 0. The molecule has 1 nitrogen and oxygen atoms in total. The summed E-state index contributed by atoms with van der Waals surface area (Å²) in [5.74, 6) is 0. The summed E-state index contributed by atoms with van der Waals surface area (Å²) in [6, 6.07) is 0. The monoisotopic (exact) mass is 242 g/mol. The Bertz CT molecular complexity index is 104. The molecular weight excluding hydrogens is 219 g/mol. The number of carbonyl (C=O) groups excluding carboxylic acids is 1. The van der Waals surface area contributed by atoms with Crippen LogP contribution in [0.5, 0.6) is 0 Å². The van der Waals surface area contributed by atoms with Crippen LogP contribution in [-0.2, 0) is 21.3 Å². The molecule has 0 aliphatic carbocycles. The standard InChI is InChI=1S/C12H24O.Ni/c1-2-3-4-5-6-7-8-9-10-11-12-13;/h12H,2-11H2,1H3;. The molecule has 0 atom stereocenters. The normalized spacial score (nSPS) is 9.50. The van der Waals surface area contributed by atoms with Gasteiger partial charge in [0.05, 0.1) is 0 Å². The van der Waals surface area contributed by atoms with Gasteiger partial charge < -0.3 is 4.79 Å². The molecule has 0 N–H and O–H groups in total. The quantitative estimate of drug-likeness (QED) is 0.320. The molecule has 0 heterocycles. The molecule has 0 aromatic carbocycles. The SMILES string of the molecule is CCCCCCCCCCCC=O.[Ni]. The second-order valence-electron chi connectivity index (χ2n) is 3.78. The molecule has 0 saturated carbocycles. The van der Waals surface area contributed by atoms with Crippen molar-refractivity contribution in [3.8, 4) is 0 Å². The Kier molecular flexibility index (Phi) is 18.5. The average Bonchev–Trinajstić information content (AvgIpc) is 2.16. The number of rotatable bonds is 10. The first kappa shape index (κ1) is 16.6. The van der Waals surface area contributed by atoms with Gasteiger partial charge in [0.1, 0.15) is 6.29 Å². The number of carbonyl (C=O) groups is 1. The van der Waals surface area contributed by atoms with Crippen LogP contribution in [0.1, 0.15) is 71.1 Å². The van der Waals surface area contributed by atoms with Crippen LogP contribution in [0.4, 0.5) is 0 Å². The first-order chi connectivity index (χ1) is 6.41. The maximum absolute atomic E-state index is 10.0. The fraction of sp³-hybridized carbons (Fsp3) is 0.917. The predicted octanol–water partition coefficient (Wildman–Crippen LogP) is 4.10. The Morgan fingerprint density at radius 3 is 1.64 bits per heavy atom. The molecule has 0 spiro atoms. The molecule has 0 unspecified atom stereocenters. The molecule has 0 aromatic heterocycles. The van der Waals surface area contributed by atoms with E-state index in [9.17, 15) is 4.79 Å². The van der Waals surface area contributed by atoms with Crippen molar-refractivity contribution in [2.24, 2.45) is 0 Å². The Balaban J connectivity index is 0. The first-order valence-electron chi connectivity index (χ1n) is 5.85. The van der Waals surface area contributed by atoms with Gasteiger partial charge in [-0.05, 0) is 6.42 Å². The summed E-state index contributed by atoms with van der Waals surface area (Å²) in [5.41, 5.74) is 0. The largest absolute Gasteiger partial charge is 0.303 e. The minimum absolute atomic E-state index is 0. The number of unbranched alkanes of at least 4 members (excludes halogenated alkanes) is 9. The van der Waals surface area contributed by atoms with E-state index >= 15 is 0 Å². The van der Waals surface area contributed by atoms with Gasteiger partial charge in [0.25, 0.3) is 0 Å². The van der Waals surface area contributed by atoms with Gasteiger partial charge in [-0.25, -0.2) is 0 Å². The van der Waals surface area contributed by atoms with E-state index < -0.39 is 0 Å². The summed E-state index contributed by atoms with van der Waals surface area (Å²) in [7, 11) is 0. The van der Waals surface area contributed by atoms with Crippen LogP contribution in [0.15, 0.2) is 0 Å². The van der Waals surface area contributed by atoms with E-state index in [1.165, 1.54) is 51.4 Å². The van der Waals surface area contributed by atoms with E-state index in [0.717, 1.165) is 19.1 Å². The third kappa shape index (κ3) is 14.7. The fourth-order valence-corrected chi connectivity index (χ4v) is 1.54. The Morgan fingerprint density at radius 1 is 0.786 bits per heavy atom. The van der Waals surface area contributed by atoms with Crippen molar-refractivity contribution >= 4 is 6.29 Å². The van der Waals surface area contributed by atoms with Crippen molar-refractivity contribution < 1.29 is 21.3 Å². The molecule has 0 radical (unpaired) electrons. The molecular formula is C12H24NiO. The van der Waals surface area contributed by atoms with Crippen LogP contribution in [0.3, 0.4) is 0 Å². The fourth-order valence-electron chi connectivity index (χ4n) is 1.54. The Labute approximate surface area is 99.0 Å².